The maximum absolute atomic E-state index is 13.6. The van der Waals surface area contributed by atoms with E-state index in [9.17, 15) is 9.18 Å². The fourth-order valence-electron chi connectivity index (χ4n) is 3.39. The average Bonchev–Trinajstić information content (AvgIpc) is 2.69. The fraction of sp³-hybridized carbons (Fsp3) is 0.318. The molecule has 0 atom stereocenters. The number of carbonyl (C=O) groups excluding carboxylic acids is 1. The Bertz CT molecular complexity index is 755. The standard InChI is InChI=1S/C22H26FN3O/c23-21-11-5-4-10-20(21)17-24-22(27)18-26-15-13-25(14-16-26)12-6-9-19-7-2-1-3-8-19/h1-11H,12-18H2,(H,24,27)/p+2/b9-6+. The first kappa shape index (κ1) is 19.3. The van der Waals surface area contributed by atoms with Gasteiger partial charge in [-0.1, -0.05) is 54.6 Å². The molecule has 4 nitrogen and oxygen atoms in total. The highest BCUT2D eigenvalue weighted by Gasteiger charge is 2.23. The Hall–Kier alpha value is -2.50. The first-order chi connectivity index (χ1) is 13.2. The van der Waals surface area contributed by atoms with E-state index in [0.717, 1.165) is 32.7 Å². The maximum atomic E-state index is 13.6. The molecule has 3 N–H and O–H groups in total. The van der Waals surface area contributed by atoms with Crippen molar-refractivity contribution in [2.45, 2.75) is 6.54 Å². The molecule has 2 aromatic carbocycles. The molecule has 1 heterocycles. The molecular formula is C22H28FN3O+2. The summed E-state index contributed by atoms with van der Waals surface area (Å²) in [5, 5.41) is 2.83. The van der Waals surface area contributed by atoms with E-state index in [1.165, 1.54) is 16.5 Å². The van der Waals surface area contributed by atoms with E-state index in [1.54, 1.807) is 23.1 Å². The molecule has 0 spiro atoms. The van der Waals surface area contributed by atoms with Gasteiger partial charge in [-0.2, -0.15) is 0 Å². The first-order valence-electron chi connectivity index (χ1n) is 9.59. The van der Waals surface area contributed by atoms with E-state index in [-0.39, 0.29) is 18.3 Å². The molecule has 1 aliphatic rings. The average molecular weight is 369 g/mol. The summed E-state index contributed by atoms with van der Waals surface area (Å²) in [6.07, 6.45) is 4.40. The molecule has 5 heteroatoms. The quantitative estimate of drug-likeness (QED) is 0.629. The third-order valence-electron chi connectivity index (χ3n) is 5.03. The number of rotatable bonds is 7. The molecule has 142 valence electrons. The Morgan fingerprint density at radius 1 is 0.963 bits per heavy atom. The van der Waals surface area contributed by atoms with Crippen LogP contribution >= 0.6 is 0 Å². The molecule has 27 heavy (non-hydrogen) atoms. The van der Waals surface area contributed by atoms with Crippen molar-refractivity contribution in [3.8, 4) is 0 Å². The zero-order valence-corrected chi connectivity index (χ0v) is 15.6. The van der Waals surface area contributed by atoms with Crippen molar-refractivity contribution >= 4 is 12.0 Å². The molecule has 0 radical (unpaired) electrons. The molecule has 0 saturated carbocycles. The van der Waals surface area contributed by atoms with Gasteiger partial charge < -0.3 is 15.1 Å². The van der Waals surface area contributed by atoms with E-state index < -0.39 is 0 Å². The molecule has 0 aliphatic carbocycles. The van der Waals surface area contributed by atoms with Gasteiger partial charge in [0.2, 0.25) is 0 Å². The zero-order valence-electron chi connectivity index (χ0n) is 15.6. The van der Waals surface area contributed by atoms with E-state index >= 15 is 0 Å². The topological polar surface area (TPSA) is 38.0 Å². The third kappa shape index (κ3) is 6.31. The van der Waals surface area contributed by atoms with Crippen molar-refractivity contribution < 1.29 is 19.0 Å². The lowest BCUT2D eigenvalue weighted by atomic mass is 10.2. The number of quaternary nitrogens is 2. The van der Waals surface area contributed by atoms with Crippen LogP contribution in [0.1, 0.15) is 11.1 Å². The summed E-state index contributed by atoms with van der Waals surface area (Å²) in [4.78, 5) is 15.0. The second-order valence-corrected chi connectivity index (χ2v) is 7.06. The summed E-state index contributed by atoms with van der Waals surface area (Å²) in [6.45, 7) is 5.83. The summed E-state index contributed by atoms with van der Waals surface area (Å²) >= 11 is 0. The number of hydrogen-bond donors (Lipinski definition) is 3. The van der Waals surface area contributed by atoms with Crippen LogP contribution < -0.4 is 15.1 Å². The number of benzene rings is 2. The lowest BCUT2D eigenvalue weighted by Gasteiger charge is -2.28. The van der Waals surface area contributed by atoms with Gasteiger partial charge in [0, 0.05) is 12.1 Å². The summed E-state index contributed by atoms with van der Waals surface area (Å²) in [7, 11) is 0. The van der Waals surface area contributed by atoms with Crippen LogP contribution in [0.25, 0.3) is 6.08 Å². The van der Waals surface area contributed by atoms with Crippen LogP contribution in [0.15, 0.2) is 60.7 Å². The molecule has 2 aromatic rings. The van der Waals surface area contributed by atoms with Gasteiger partial charge in [0.1, 0.15) is 32.0 Å². The van der Waals surface area contributed by atoms with Gasteiger partial charge >= 0.3 is 0 Å². The smallest absolute Gasteiger partial charge is 0.275 e. The minimum Gasteiger partial charge on any atom is -0.347 e. The molecule has 1 saturated heterocycles. The Balaban J connectivity index is 1.35. The largest absolute Gasteiger partial charge is 0.347 e. The van der Waals surface area contributed by atoms with Crippen molar-refractivity contribution in [2.75, 3.05) is 39.3 Å². The van der Waals surface area contributed by atoms with Gasteiger partial charge in [-0.25, -0.2) is 4.39 Å². The fourth-order valence-corrected chi connectivity index (χ4v) is 3.39. The summed E-state index contributed by atoms with van der Waals surface area (Å²) in [6, 6.07) is 16.9. The van der Waals surface area contributed by atoms with Gasteiger partial charge in [0.15, 0.2) is 6.54 Å². The lowest BCUT2D eigenvalue weighted by molar-refractivity contribution is -1.01. The first-order valence-corrected chi connectivity index (χ1v) is 9.59. The number of piperazine rings is 1. The van der Waals surface area contributed by atoms with Crippen molar-refractivity contribution in [1.29, 1.82) is 0 Å². The molecule has 0 unspecified atom stereocenters. The molecule has 3 rings (SSSR count). The molecule has 1 amide bonds. The van der Waals surface area contributed by atoms with E-state index in [4.69, 9.17) is 0 Å². The van der Waals surface area contributed by atoms with Crippen LogP contribution in [-0.2, 0) is 11.3 Å². The van der Waals surface area contributed by atoms with E-state index in [2.05, 4.69) is 29.6 Å². The zero-order chi connectivity index (χ0) is 18.9. The number of nitrogens with one attached hydrogen (secondary N) is 3. The third-order valence-corrected chi connectivity index (χ3v) is 5.03. The molecule has 1 fully saturated rings. The van der Waals surface area contributed by atoms with Gasteiger partial charge in [-0.15, -0.1) is 0 Å². The summed E-state index contributed by atoms with van der Waals surface area (Å²) in [5.74, 6) is -0.286. The second-order valence-electron chi connectivity index (χ2n) is 7.06. The van der Waals surface area contributed by atoms with Gasteiger partial charge in [-0.05, 0) is 17.7 Å². The highest BCUT2D eigenvalue weighted by atomic mass is 19.1. The van der Waals surface area contributed by atoms with Crippen LogP contribution in [0.2, 0.25) is 0 Å². The highest BCUT2D eigenvalue weighted by Crippen LogP contribution is 2.05. The van der Waals surface area contributed by atoms with Gasteiger partial charge in [-0.3, -0.25) is 4.79 Å². The van der Waals surface area contributed by atoms with E-state index in [0.29, 0.717) is 12.1 Å². The van der Waals surface area contributed by atoms with Crippen molar-refractivity contribution in [2.24, 2.45) is 0 Å². The monoisotopic (exact) mass is 369 g/mol. The van der Waals surface area contributed by atoms with Gasteiger partial charge in [0.05, 0.1) is 6.54 Å². The van der Waals surface area contributed by atoms with Crippen LogP contribution in [0, 0.1) is 5.82 Å². The predicted molar refractivity (Wildman–Crippen MR) is 105 cm³/mol. The SMILES string of the molecule is O=C(C[NH+]1CC[NH+](C/C=C/c2ccccc2)CC1)NCc1ccccc1F. The highest BCUT2D eigenvalue weighted by molar-refractivity contribution is 5.76. The molecule has 0 bridgehead atoms. The molecule has 1 aliphatic heterocycles. The van der Waals surface area contributed by atoms with E-state index in [1.807, 2.05) is 18.2 Å². The Labute approximate surface area is 160 Å². The van der Waals surface area contributed by atoms with Crippen LogP contribution in [0.4, 0.5) is 4.39 Å². The Morgan fingerprint density at radius 2 is 1.63 bits per heavy atom. The minimum absolute atomic E-state index is 0.0133. The van der Waals surface area contributed by atoms with Gasteiger partial charge in [0.25, 0.3) is 5.91 Å². The number of carbonyl (C=O) groups is 1. The Kier molecular flexibility index (Phi) is 7.13. The van der Waals surface area contributed by atoms with Crippen LogP contribution in [0.3, 0.4) is 0 Å². The predicted octanol–water partition coefficient (Wildman–Crippen LogP) is -0.0613. The van der Waals surface area contributed by atoms with Crippen LogP contribution in [-0.4, -0.2) is 45.2 Å². The normalized spacial score (nSPS) is 19.9. The lowest BCUT2D eigenvalue weighted by Crippen LogP contribution is -3.28. The Morgan fingerprint density at radius 3 is 2.37 bits per heavy atom. The van der Waals surface area contributed by atoms with Crippen molar-refractivity contribution in [3.63, 3.8) is 0 Å². The number of hydrogen-bond acceptors (Lipinski definition) is 1. The van der Waals surface area contributed by atoms with Crippen molar-refractivity contribution in [1.82, 2.24) is 5.32 Å². The molecular weight excluding hydrogens is 341 g/mol. The second kappa shape index (κ2) is 10.00. The van der Waals surface area contributed by atoms with Crippen molar-refractivity contribution in [3.05, 3.63) is 77.6 Å². The number of amides is 1. The number of halogens is 1. The summed E-state index contributed by atoms with van der Waals surface area (Å²) in [5.41, 5.74) is 1.76. The van der Waals surface area contributed by atoms with Crippen LogP contribution in [0.5, 0.6) is 0 Å². The summed E-state index contributed by atoms with van der Waals surface area (Å²) < 4.78 is 13.6. The maximum Gasteiger partial charge on any atom is 0.275 e. The molecule has 0 aromatic heterocycles. The minimum atomic E-state index is -0.272.